The molecule has 1 heteroatoms. The smallest absolute Gasteiger partial charge is 0.0386 e. The van der Waals surface area contributed by atoms with Crippen molar-refractivity contribution in [3.63, 3.8) is 0 Å². The molecule has 0 amide bonds. The molecular formula is C11H15N. The van der Waals surface area contributed by atoms with Crippen molar-refractivity contribution in [2.45, 2.75) is 20.3 Å². The highest BCUT2D eigenvalue weighted by Gasteiger charge is 1.89. The van der Waals surface area contributed by atoms with Crippen molar-refractivity contribution in [3.05, 3.63) is 35.4 Å². The molecule has 0 spiro atoms. The molecule has 0 saturated heterocycles. The highest BCUT2D eigenvalue weighted by Crippen LogP contribution is 2.03. The molecule has 0 heterocycles. The molecule has 0 unspecified atom stereocenters. The van der Waals surface area contributed by atoms with Gasteiger partial charge in [-0.3, -0.25) is 4.99 Å². The number of aliphatic imine (C=N–C) groups is 1. The Morgan fingerprint density at radius 1 is 1.33 bits per heavy atom. The molecule has 0 saturated carbocycles. The van der Waals surface area contributed by atoms with Gasteiger partial charge in [-0.2, -0.15) is 0 Å². The summed E-state index contributed by atoms with van der Waals surface area (Å²) in [5, 5.41) is 0. The molecule has 64 valence electrons. The van der Waals surface area contributed by atoms with Gasteiger partial charge in [0.1, 0.15) is 0 Å². The third-order valence-electron chi connectivity index (χ3n) is 1.77. The summed E-state index contributed by atoms with van der Waals surface area (Å²) < 4.78 is 0. The predicted octanol–water partition coefficient (Wildman–Crippen LogP) is 2.82. The molecule has 0 aliphatic rings. The van der Waals surface area contributed by atoms with Crippen molar-refractivity contribution < 1.29 is 0 Å². The summed E-state index contributed by atoms with van der Waals surface area (Å²) >= 11 is 0. The third-order valence-corrected chi connectivity index (χ3v) is 1.77. The number of nitrogens with zero attached hydrogens (tertiary/aromatic N) is 1. The normalized spacial score (nSPS) is 10.8. The van der Waals surface area contributed by atoms with E-state index in [9.17, 15) is 0 Å². The molecule has 0 fully saturated rings. The predicted molar refractivity (Wildman–Crippen MR) is 53.9 cm³/mol. The largest absolute Gasteiger partial charge is 0.293 e. The van der Waals surface area contributed by atoms with Crippen molar-refractivity contribution >= 4 is 6.21 Å². The molecule has 0 atom stereocenters. The van der Waals surface area contributed by atoms with Gasteiger partial charge in [0.25, 0.3) is 0 Å². The average molecular weight is 161 g/mol. The topological polar surface area (TPSA) is 12.4 Å². The lowest BCUT2D eigenvalue weighted by Gasteiger charge is -1.96. The van der Waals surface area contributed by atoms with Crippen LogP contribution in [0.25, 0.3) is 0 Å². The lowest BCUT2D eigenvalue weighted by atomic mass is 10.1. The highest BCUT2D eigenvalue weighted by molar-refractivity contribution is 5.81. The molecule has 1 rings (SSSR count). The SMILES string of the molecule is CCCN=Cc1ccccc1C. The van der Waals surface area contributed by atoms with Gasteiger partial charge in [-0.15, -0.1) is 0 Å². The van der Waals surface area contributed by atoms with Gasteiger partial charge in [0.2, 0.25) is 0 Å². The van der Waals surface area contributed by atoms with Crippen LogP contribution in [0.1, 0.15) is 24.5 Å². The van der Waals surface area contributed by atoms with Crippen LogP contribution in [0.5, 0.6) is 0 Å². The fraction of sp³-hybridized carbons (Fsp3) is 0.364. The lowest BCUT2D eigenvalue weighted by molar-refractivity contribution is 0.937. The summed E-state index contributed by atoms with van der Waals surface area (Å²) in [5.41, 5.74) is 2.52. The lowest BCUT2D eigenvalue weighted by Crippen LogP contribution is -1.86. The van der Waals surface area contributed by atoms with E-state index in [0.717, 1.165) is 13.0 Å². The number of hydrogen-bond donors (Lipinski definition) is 0. The minimum absolute atomic E-state index is 0.925. The molecule has 0 bridgehead atoms. The van der Waals surface area contributed by atoms with Crippen molar-refractivity contribution in [2.75, 3.05) is 6.54 Å². The van der Waals surface area contributed by atoms with Crippen LogP contribution in [-0.2, 0) is 0 Å². The fourth-order valence-corrected chi connectivity index (χ4v) is 1.02. The first-order valence-corrected chi connectivity index (χ1v) is 4.40. The maximum atomic E-state index is 4.30. The van der Waals surface area contributed by atoms with Gasteiger partial charge in [-0.25, -0.2) is 0 Å². The van der Waals surface area contributed by atoms with Gasteiger partial charge in [-0.1, -0.05) is 31.2 Å². The number of hydrogen-bond acceptors (Lipinski definition) is 1. The second-order valence-corrected chi connectivity index (χ2v) is 2.89. The molecule has 1 aromatic carbocycles. The molecule has 0 aliphatic heterocycles. The van der Waals surface area contributed by atoms with E-state index in [1.807, 2.05) is 18.3 Å². The molecule has 1 nitrogen and oxygen atoms in total. The minimum Gasteiger partial charge on any atom is -0.293 e. The van der Waals surface area contributed by atoms with Crippen molar-refractivity contribution in [3.8, 4) is 0 Å². The quantitative estimate of drug-likeness (QED) is 0.604. The highest BCUT2D eigenvalue weighted by atomic mass is 14.7. The number of rotatable bonds is 3. The average Bonchev–Trinajstić information content (AvgIpc) is 2.09. The molecule has 1 aromatic rings. The summed E-state index contributed by atoms with van der Waals surface area (Å²) in [6.45, 7) is 5.16. The first-order valence-electron chi connectivity index (χ1n) is 4.40. The summed E-state index contributed by atoms with van der Waals surface area (Å²) in [6, 6.07) is 8.29. The maximum absolute atomic E-state index is 4.30. The Bertz CT molecular complexity index is 263. The van der Waals surface area contributed by atoms with E-state index in [-0.39, 0.29) is 0 Å². The second-order valence-electron chi connectivity index (χ2n) is 2.89. The van der Waals surface area contributed by atoms with Gasteiger partial charge in [0.15, 0.2) is 0 Å². The van der Waals surface area contributed by atoms with E-state index in [2.05, 4.69) is 31.0 Å². The first-order chi connectivity index (χ1) is 5.84. The Morgan fingerprint density at radius 2 is 2.08 bits per heavy atom. The monoisotopic (exact) mass is 161 g/mol. The Balaban J connectivity index is 2.68. The Labute approximate surface area is 74.2 Å². The van der Waals surface area contributed by atoms with E-state index in [4.69, 9.17) is 0 Å². The van der Waals surface area contributed by atoms with Crippen LogP contribution in [0, 0.1) is 6.92 Å². The van der Waals surface area contributed by atoms with Crippen LogP contribution in [0.2, 0.25) is 0 Å². The van der Waals surface area contributed by atoms with Crippen LogP contribution in [-0.4, -0.2) is 12.8 Å². The molecule has 0 N–H and O–H groups in total. The van der Waals surface area contributed by atoms with Gasteiger partial charge < -0.3 is 0 Å². The van der Waals surface area contributed by atoms with Crippen LogP contribution in [0.15, 0.2) is 29.3 Å². The Hall–Kier alpha value is -1.11. The first kappa shape index (κ1) is 8.98. The maximum Gasteiger partial charge on any atom is 0.0386 e. The Kier molecular flexibility index (Phi) is 3.52. The zero-order valence-electron chi connectivity index (χ0n) is 7.75. The summed E-state index contributed by atoms with van der Waals surface area (Å²) in [6.07, 6.45) is 3.07. The fourth-order valence-electron chi connectivity index (χ4n) is 1.02. The standard InChI is InChI=1S/C11H15N/c1-3-8-12-9-11-7-5-4-6-10(11)2/h4-7,9H,3,8H2,1-2H3. The number of aryl methyl sites for hydroxylation is 1. The van der Waals surface area contributed by atoms with E-state index in [1.165, 1.54) is 11.1 Å². The van der Waals surface area contributed by atoms with Crippen LogP contribution >= 0.6 is 0 Å². The molecule has 0 radical (unpaired) electrons. The second kappa shape index (κ2) is 4.70. The van der Waals surface area contributed by atoms with Gasteiger partial charge in [0.05, 0.1) is 0 Å². The molecule has 0 aliphatic carbocycles. The van der Waals surface area contributed by atoms with E-state index in [0.29, 0.717) is 0 Å². The van der Waals surface area contributed by atoms with Crippen molar-refractivity contribution in [2.24, 2.45) is 4.99 Å². The molecule has 12 heavy (non-hydrogen) atoms. The van der Waals surface area contributed by atoms with Gasteiger partial charge >= 0.3 is 0 Å². The summed E-state index contributed by atoms with van der Waals surface area (Å²) in [4.78, 5) is 4.30. The molecular weight excluding hydrogens is 146 g/mol. The van der Waals surface area contributed by atoms with E-state index in [1.54, 1.807) is 0 Å². The van der Waals surface area contributed by atoms with Crippen molar-refractivity contribution in [1.29, 1.82) is 0 Å². The third kappa shape index (κ3) is 2.50. The minimum atomic E-state index is 0.925. The summed E-state index contributed by atoms with van der Waals surface area (Å²) in [5.74, 6) is 0. The van der Waals surface area contributed by atoms with Gasteiger partial charge in [0, 0.05) is 12.8 Å². The Morgan fingerprint density at radius 3 is 2.75 bits per heavy atom. The van der Waals surface area contributed by atoms with Crippen LogP contribution in [0.4, 0.5) is 0 Å². The zero-order chi connectivity index (χ0) is 8.81. The number of benzene rings is 1. The van der Waals surface area contributed by atoms with E-state index < -0.39 is 0 Å². The van der Waals surface area contributed by atoms with Crippen molar-refractivity contribution in [1.82, 2.24) is 0 Å². The van der Waals surface area contributed by atoms with E-state index >= 15 is 0 Å². The zero-order valence-corrected chi connectivity index (χ0v) is 7.75. The van der Waals surface area contributed by atoms with Crippen LogP contribution in [0.3, 0.4) is 0 Å². The van der Waals surface area contributed by atoms with Gasteiger partial charge in [-0.05, 0) is 24.5 Å². The molecule has 0 aromatic heterocycles. The summed E-state index contributed by atoms with van der Waals surface area (Å²) in [7, 11) is 0. The van der Waals surface area contributed by atoms with Crippen LogP contribution < -0.4 is 0 Å².